The molecule has 1 heterocycles. The molecule has 0 fully saturated rings. The summed E-state index contributed by atoms with van der Waals surface area (Å²) in [5.41, 5.74) is 4.41. The molecule has 0 radical (unpaired) electrons. The Morgan fingerprint density at radius 1 is 1.06 bits per heavy atom. The van der Waals surface area contributed by atoms with Crippen molar-refractivity contribution in [3.63, 3.8) is 0 Å². The van der Waals surface area contributed by atoms with Gasteiger partial charge in [0.15, 0.2) is 0 Å². The Morgan fingerprint density at radius 3 is 2.45 bits per heavy atom. The van der Waals surface area contributed by atoms with Gasteiger partial charge in [-0.15, -0.1) is 0 Å². The molecule has 1 unspecified atom stereocenters. The largest absolute Gasteiger partial charge is 0.264 e. The van der Waals surface area contributed by atoms with E-state index in [9.17, 15) is 12.8 Å². The van der Waals surface area contributed by atoms with E-state index in [0.29, 0.717) is 35.8 Å². The molecule has 0 bridgehead atoms. The minimum absolute atomic E-state index is 0.260. The summed E-state index contributed by atoms with van der Waals surface area (Å²) < 4.78 is 43.8. The van der Waals surface area contributed by atoms with E-state index in [-0.39, 0.29) is 16.8 Å². The van der Waals surface area contributed by atoms with Crippen LogP contribution in [-0.4, -0.2) is 14.5 Å². The first-order valence-electron chi connectivity index (χ1n) is 11.3. The van der Waals surface area contributed by atoms with Gasteiger partial charge in [0.25, 0.3) is 10.0 Å². The molecular formula is C27H29ClFNO2S. The second kappa shape index (κ2) is 9.47. The predicted octanol–water partition coefficient (Wildman–Crippen LogP) is 7.05. The van der Waals surface area contributed by atoms with Crippen LogP contribution in [-0.2, 0) is 22.9 Å². The normalized spacial score (nSPS) is 16.2. The molecule has 6 heteroatoms. The smallest absolute Gasteiger partial charge is 0.263 e. The average Bonchev–Trinajstić information content (AvgIpc) is 2.78. The first-order chi connectivity index (χ1) is 15.7. The third kappa shape index (κ3) is 4.95. The number of rotatable bonds is 6. The summed E-state index contributed by atoms with van der Waals surface area (Å²) >= 11 is 5.89. The number of nitrogens with zero attached hydrogens (tertiary/aromatic N) is 1. The fourth-order valence-corrected chi connectivity index (χ4v) is 6.40. The summed E-state index contributed by atoms with van der Waals surface area (Å²) in [7, 11) is -3.79. The lowest BCUT2D eigenvalue weighted by molar-refractivity contribution is 0.517. The molecule has 3 aromatic rings. The summed E-state index contributed by atoms with van der Waals surface area (Å²) in [4.78, 5) is 0.281. The van der Waals surface area contributed by atoms with Gasteiger partial charge in [-0.2, -0.15) is 0 Å². The van der Waals surface area contributed by atoms with Crippen molar-refractivity contribution in [2.75, 3.05) is 4.31 Å². The molecule has 1 atom stereocenters. The Morgan fingerprint density at radius 2 is 1.79 bits per heavy atom. The zero-order valence-corrected chi connectivity index (χ0v) is 20.8. The third-order valence-electron chi connectivity index (χ3n) is 6.42. The average molecular weight is 486 g/mol. The van der Waals surface area contributed by atoms with Gasteiger partial charge in [0.1, 0.15) is 5.82 Å². The topological polar surface area (TPSA) is 37.4 Å². The van der Waals surface area contributed by atoms with Gasteiger partial charge in [-0.05, 0) is 91.1 Å². The number of hydrogen-bond acceptors (Lipinski definition) is 2. The molecule has 174 valence electrons. The molecule has 33 heavy (non-hydrogen) atoms. The highest BCUT2D eigenvalue weighted by Gasteiger charge is 2.36. The van der Waals surface area contributed by atoms with Crippen molar-refractivity contribution >= 4 is 27.3 Å². The minimum atomic E-state index is -3.79. The van der Waals surface area contributed by atoms with E-state index in [1.807, 2.05) is 37.3 Å². The molecule has 3 nitrogen and oxygen atoms in total. The van der Waals surface area contributed by atoms with Gasteiger partial charge in [0.05, 0.1) is 10.6 Å². The van der Waals surface area contributed by atoms with Gasteiger partial charge in [0, 0.05) is 11.1 Å². The van der Waals surface area contributed by atoms with Crippen molar-refractivity contribution < 1.29 is 12.8 Å². The van der Waals surface area contributed by atoms with Gasteiger partial charge in [-0.1, -0.05) is 55.8 Å². The van der Waals surface area contributed by atoms with Gasteiger partial charge >= 0.3 is 0 Å². The summed E-state index contributed by atoms with van der Waals surface area (Å²) in [6, 6.07) is 17.6. The van der Waals surface area contributed by atoms with Crippen molar-refractivity contribution in [2.45, 2.75) is 63.3 Å². The Hall–Kier alpha value is -2.37. The number of benzene rings is 3. The van der Waals surface area contributed by atoms with Gasteiger partial charge in [-0.25, -0.2) is 12.8 Å². The molecule has 4 rings (SSSR count). The number of hydrogen-bond donors (Lipinski definition) is 0. The third-order valence-corrected chi connectivity index (χ3v) is 8.54. The van der Waals surface area contributed by atoms with Crippen LogP contribution in [0.1, 0.15) is 54.9 Å². The fraction of sp³-hybridized carbons (Fsp3) is 0.333. The van der Waals surface area contributed by atoms with Crippen molar-refractivity contribution in [3.05, 3.63) is 93.8 Å². The highest BCUT2D eigenvalue weighted by molar-refractivity contribution is 7.92. The molecule has 0 spiro atoms. The summed E-state index contributed by atoms with van der Waals surface area (Å²) in [5.74, 6) is -0.0321. The zero-order valence-electron chi connectivity index (χ0n) is 19.2. The number of halogens is 2. The lowest BCUT2D eigenvalue weighted by Crippen LogP contribution is -2.44. The lowest BCUT2D eigenvalue weighted by atomic mass is 9.93. The lowest BCUT2D eigenvalue weighted by Gasteiger charge is -2.38. The van der Waals surface area contributed by atoms with E-state index in [4.69, 9.17) is 11.6 Å². The van der Waals surface area contributed by atoms with Crippen molar-refractivity contribution in [2.24, 2.45) is 0 Å². The Bertz CT molecular complexity index is 1260. The van der Waals surface area contributed by atoms with E-state index in [0.717, 1.165) is 28.8 Å². The molecule has 1 aliphatic rings. The Kier molecular flexibility index (Phi) is 6.83. The summed E-state index contributed by atoms with van der Waals surface area (Å²) in [5, 5.41) is 0.354. The molecule has 0 N–H and O–H groups in total. The SMILES string of the molecule is Cc1ccc2c(c1)N(S(=O)(=O)c1ccc(C(C)C)cc1)C(CCc1ccc(Cl)cc1F)CC2. The quantitative estimate of drug-likeness (QED) is 0.375. The second-order valence-electron chi connectivity index (χ2n) is 9.12. The molecule has 0 amide bonds. The van der Waals surface area contributed by atoms with Gasteiger partial charge in [0.2, 0.25) is 0 Å². The predicted molar refractivity (Wildman–Crippen MR) is 133 cm³/mol. The first kappa shape index (κ1) is 23.8. The maximum absolute atomic E-state index is 14.4. The van der Waals surface area contributed by atoms with Crippen LogP contribution in [0.2, 0.25) is 5.02 Å². The molecule has 3 aromatic carbocycles. The van der Waals surface area contributed by atoms with Crippen LogP contribution < -0.4 is 4.31 Å². The van der Waals surface area contributed by atoms with Crippen LogP contribution in [0.4, 0.5) is 10.1 Å². The van der Waals surface area contributed by atoms with E-state index in [1.54, 1.807) is 28.6 Å². The second-order valence-corrected chi connectivity index (χ2v) is 11.4. The molecule has 0 aromatic heterocycles. The molecule has 0 aliphatic carbocycles. The molecule has 0 saturated heterocycles. The van der Waals surface area contributed by atoms with Gasteiger partial charge < -0.3 is 0 Å². The molecule has 1 aliphatic heterocycles. The maximum Gasteiger partial charge on any atom is 0.264 e. The Balaban J connectivity index is 1.71. The van der Waals surface area contributed by atoms with E-state index in [2.05, 4.69) is 13.8 Å². The van der Waals surface area contributed by atoms with E-state index >= 15 is 0 Å². The highest BCUT2D eigenvalue weighted by atomic mass is 35.5. The zero-order chi connectivity index (χ0) is 23.8. The van der Waals surface area contributed by atoms with Crippen LogP contribution in [0.3, 0.4) is 0 Å². The Labute approximate surface area is 201 Å². The van der Waals surface area contributed by atoms with Crippen LogP contribution in [0.5, 0.6) is 0 Å². The number of anilines is 1. The van der Waals surface area contributed by atoms with Crippen LogP contribution in [0.25, 0.3) is 0 Å². The summed E-state index contributed by atoms with van der Waals surface area (Å²) in [6.45, 7) is 6.13. The number of sulfonamides is 1. The van der Waals surface area contributed by atoms with Crippen LogP contribution in [0, 0.1) is 12.7 Å². The van der Waals surface area contributed by atoms with Crippen LogP contribution >= 0.6 is 11.6 Å². The maximum atomic E-state index is 14.4. The highest BCUT2D eigenvalue weighted by Crippen LogP contribution is 2.38. The fourth-order valence-electron chi connectivity index (χ4n) is 4.50. The molecule has 0 saturated carbocycles. The van der Waals surface area contributed by atoms with Crippen LogP contribution in [0.15, 0.2) is 65.6 Å². The van der Waals surface area contributed by atoms with Crippen molar-refractivity contribution in [1.82, 2.24) is 0 Å². The standard InChI is InChI=1S/C27H29ClFNO2S/c1-18(2)20-9-14-25(15-10-20)33(31,32)30-24(12-7-21-6-11-23(28)17-26(21)29)13-8-22-5-4-19(3)16-27(22)30/h4-6,9-11,14-18,24H,7-8,12-13H2,1-3H3. The van der Waals surface area contributed by atoms with Gasteiger partial charge in [-0.3, -0.25) is 4.31 Å². The number of fused-ring (bicyclic) bond motifs is 1. The first-order valence-corrected chi connectivity index (χ1v) is 13.2. The van der Waals surface area contributed by atoms with E-state index in [1.165, 1.54) is 6.07 Å². The molecular weight excluding hydrogens is 457 g/mol. The van der Waals surface area contributed by atoms with Crippen molar-refractivity contribution in [1.29, 1.82) is 0 Å². The van der Waals surface area contributed by atoms with Crippen molar-refractivity contribution in [3.8, 4) is 0 Å². The minimum Gasteiger partial charge on any atom is -0.263 e. The number of aryl methyl sites for hydroxylation is 3. The monoisotopic (exact) mass is 485 g/mol. The summed E-state index contributed by atoms with van der Waals surface area (Å²) in [6.07, 6.45) is 2.44. The van der Waals surface area contributed by atoms with E-state index < -0.39 is 10.0 Å².